The number of carboxylic acid groups (broad SMARTS) is 1. The minimum absolute atomic E-state index is 0.317. The number of methoxy groups -OCH3 is 2. The molecule has 0 amide bonds. The van der Waals surface area contributed by atoms with Gasteiger partial charge in [-0.3, -0.25) is 14.7 Å². The Labute approximate surface area is 153 Å². The molecule has 6 heteroatoms. The molecule has 1 aromatic heterocycles. The molecule has 2 heterocycles. The minimum atomic E-state index is -0.799. The highest BCUT2D eigenvalue weighted by Gasteiger charge is 2.37. The van der Waals surface area contributed by atoms with E-state index >= 15 is 0 Å². The summed E-state index contributed by atoms with van der Waals surface area (Å²) in [6.07, 6.45) is 4.23. The van der Waals surface area contributed by atoms with Gasteiger partial charge in [0, 0.05) is 11.8 Å². The predicted octanol–water partition coefficient (Wildman–Crippen LogP) is 3.13. The molecule has 1 N–H and O–H groups in total. The van der Waals surface area contributed by atoms with Gasteiger partial charge in [0.25, 0.3) is 0 Å². The van der Waals surface area contributed by atoms with Gasteiger partial charge in [-0.15, -0.1) is 0 Å². The predicted molar refractivity (Wildman–Crippen MR) is 97.6 cm³/mol. The molecule has 6 nitrogen and oxygen atoms in total. The summed E-state index contributed by atoms with van der Waals surface area (Å²) in [4.78, 5) is 18.4. The number of benzene rings is 1. The molecule has 3 rings (SSSR count). The van der Waals surface area contributed by atoms with Gasteiger partial charge in [-0.25, -0.2) is 0 Å². The summed E-state index contributed by atoms with van der Waals surface area (Å²) >= 11 is 0. The van der Waals surface area contributed by atoms with Gasteiger partial charge < -0.3 is 14.6 Å². The molecule has 1 aromatic carbocycles. The van der Waals surface area contributed by atoms with Crippen molar-refractivity contribution < 1.29 is 19.4 Å². The first-order valence-corrected chi connectivity index (χ1v) is 8.77. The average molecular weight is 356 g/mol. The molecule has 1 fully saturated rings. The number of piperidine rings is 1. The topological polar surface area (TPSA) is 71.9 Å². The van der Waals surface area contributed by atoms with Crippen LogP contribution >= 0.6 is 0 Å². The van der Waals surface area contributed by atoms with Crippen molar-refractivity contribution in [1.29, 1.82) is 0 Å². The first kappa shape index (κ1) is 18.2. The van der Waals surface area contributed by atoms with Crippen LogP contribution < -0.4 is 9.47 Å². The number of hydrogen-bond acceptors (Lipinski definition) is 5. The van der Waals surface area contributed by atoms with Crippen molar-refractivity contribution in [3.05, 3.63) is 53.9 Å². The van der Waals surface area contributed by atoms with E-state index in [2.05, 4.69) is 4.98 Å². The average Bonchev–Trinajstić information content (AvgIpc) is 2.69. The van der Waals surface area contributed by atoms with Crippen LogP contribution in [0, 0.1) is 0 Å². The van der Waals surface area contributed by atoms with Crippen molar-refractivity contribution in [2.45, 2.75) is 31.3 Å². The molecule has 2 unspecified atom stereocenters. The van der Waals surface area contributed by atoms with Crippen LogP contribution in [-0.4, -0.2) is 47.8 Å². The summed E-state index contributed by atoms with van der Waals surface area (Å²) in [5.74, 6) is 0.433. The van der Waals surface area contributed by atoms with Gasteiger partial charge in [0.2, 0.25) is 0 Å². The van der Waals surface area contributed by atoms with Gasteiger partial charge in [-0.05, 0) is 37.6 Å². The van der Waals surface area contributed by atoms with Gasteiger partial charge in [0.15, 0.2) is 11.5 Å². The highest BCUT2D eigenvalue weighted by Crippen LogP contribution is 2.41. The summed E-state index contributed by atoms with van der Waals surface area (Å²) in [6, 6.07) is 10.5. The van der Waals surface area contributed by atoms with Crippen LogP contribution in [0.4, 0.5) is 0 Å². The monoisotopic (exact) mass is 356 g/mol. The molecule has 1 aliphatic rings. The summed E-state index contributed by atoms with van der Waals surface area (Å²) in [7, 11) is 3.19. The van der Waals surface area contributed by atoms with Gasteiger partial charge in [-0.2, -0.15) is 0 Å². The number of aliphatic carboxylic acids is 1. The minimum Gasteiger partial charge on any atom is -0.493 e. The van der Waals surface area contributed by atoms with Crippen molar-refractivity contribution in [2.24, 2.45) is 0 Å². The molecule has 138 valence electrons. The van der Waals surface area contributed by atoms with Gasteiger partial charge in [0.05, 0.1) is 26.0 Å². The third-order valence-corrected chi connectivity index (χ3v) is 4.86. The van der Waals surface area contributed by atoms with Crippen molar-refractivity contribution >= 4 is 5.97 Å². The van der Waals surface area contributed by atoms with E-state index in [1.54, 1.807) is 20.4 Å². The Morgan fingerprint density at radius 3 is 2.69 bits per heavy atom. The second-order valence-corrected chi connectivity index (χ2v) is 6.33. The van der Waals surface area contributed by atoms with E-state index in [9.17, 15) is 9.90 Å². The molecule has 26 heavy (non-hydrogen) atoms. The fraction of sp³-hybridized carbons (Fsp3) is 0.400. The van der Waals surface area contributed by atoms with E-state index in [4.69, 9.17) is 9.47 Å². The fourth-order valence-electron chi connectivity index (χ4n) is 3.70. The lowest BCUT2D eigenvalue weighted by Gasteiger charge is -2.39. The van der Waals surface area contributed by atoms with Gasteiger partial charge >= 0.3 is 5.97 Å². The van der Waals surface area contributed by atoms with Crippen molar-refractivity contribution in [3.63, 3.8) is 0 Å². The standard InChI is InChI=1S/C20H24N2O4/c1-25-17-11-7-8-14(19(17)26-2)18(15-9-3-5-12-21-15)22-13-6-4-10-16(22)20(23)24/h3,5,7-9,11-12,16,18H,4,6,10,13H2,1-2H3,(H,23,24). The van der Waals surface area contributed by atoms with Crippen LogP contribution in [0.25, 0.3) is 0 Å². The Morgan fingerprint density at radius 1 is 1.19 bits per heavy atom. The normalized spacial score (nSPS) is 18.9. The Morgan fingerprint density at radius 2 is 2.04 bits per heavy atom. The third-order valence-electron chi connectivity index (χ3n) is 4.86. The molecule has 1 saturated heterocycles. The second kappa shape index (κ2) is 8.19. The second-order valence-electron chi connectivity index (χ2n) is 6.33. The molecule has 0 bridgehead atoms. The van der Waals surface area contributed by atoms with E-state index in [1.807, 2.05) is 41.3 Å². The molecule has 2 aromatic rings. The number of carboxylic acids is 1. The zero-order valence-electron chi connectivity index (χ0n) is 15.1. The summed E-state index contributed by atoms with van der Waals surface area (Å²) < 4.78 is 11.1. The van der Waals surface area contributed by atoms with E-state index in [-0.39, 0.29) is 6.04 Å². The Balaban J connectivity index is 2.15. The third kappa shape index (κ3) is 3.51. The first-order chi connectivity index (χ1) is 12.7. The summed E-state index contributed by atoms with van der Waals surface area (Å²) in [6.45, 7) is 0.693. The number of carbonyl (C=O) groups is 1. The van der Waals surface area contributed by atoms with E-state index in [0.29, 0.717) is 24.5 Å². The number of aromatic nitrogens is 1. The number of nitrogens with zero attached hydrogens (tertiary/aromatic N) is 2. The van der Waals surface area contributed by atoms with E-state index < -0.39 is 12.0 Å². The fourth-order valence-corrected chi connectivity index (χ4v) is 3.70. The lowest BCUT2D eigenvalue weighted by molar-refractivity contribution is -0.145. The van der Waals surface area contributed by atoms with Crippen molar-refractivity contribution in [3.8, 4) is 11.5 Å². The molecular formula is C20H24N2O4. The van der Waals surface area contributed by atoms with Crippen molar-refractivity contribution in [1.82, 2.24) is 9.88 Å². The van der Waals surface area contributed by atoms with Crippen LogP contribution in [0.1, 0.15) is 36.6 Å². The molecule has 0 aliphatic carbocycles. The van der Waals surface area contributed by atoms with E-state index in [0.717, 1.165) is 24.1 Å². The number of para-hydroxylation sites is 1. The van der Waals surface area contributed by atoms with Gasteiger partial charge in [-0.1, -0.05) is 24.6 Å². The molecule has 0 saturated carbocycles. The SMILES string of the molecule is COc1cccc(C(c2ccccn2)N2CCCCC2C(=O)O)c1OC. The maximum Gasteiger partial charge on any atom is 0.320 e. The van der Waals surface area contributed by atoms with Crippen LogP contribution in [-0.2, 0) is 4.79 Å². The van der Waals surface area contributed by atoms with Gasteiger partial charge in [0.1, 0.15) is 6.04 Å². The number of pyridine rings is 1. The molecular weight excluding hydrogens is 332 g/mol. The maximum absolute atomic E-state index is 11.9. The Kier molecular flexibility index (Phi) is 5.73. The summed E-state index contributed by atoms with van der Waals surface area (Å²) in [5, 5.41) is 9.76. The Hall–Kier alpha value is -2.60. The molecule has 0 spiro atoms. The zero-order valence-corrected chi connectivity index (χ0v) is 15.1. The van der Waals surface area contributed by atoms with Crippen LogP contribution in [0.5, 0.6) is 11.5 Å². The summed E-state index contributed by atoms with van der Waals surface area (Å²) in [5.41, 5.74) is 1.66. The van der Waals surface area contributed by atoms with Crippen molar-refractivity contribution in [2.75, 3.05) is 20.8 Å². The smallest absolute Gasteiger partial charge is 0.320 e. The Bertz CT molecular complexity index is 751. The number of hydrogen-bond donors (Lipinski definition) is 1. The highest BCUT2D eigenvalue weighted by molar-refractivity contribution is 5.73. The number of likely N-dealkylation sites (tertiary alicyclic amines) is 1. The highest BCUT2D eigenvalue weighted by atomic mass is 16.5. The largest absolute Gasteiger partial charge is 0.493 e. The molecule has 2 atom stereocenters. The lowest BCUT2D eigenvalue weighted by atomic mass is 9.93. The molecule has 0 radical (unpaired) electrons. The lowest BCUT2D eigenvalue weighted by Crippen LogP contribution is -2.47. The van der Waals surface area contributed by atoms with E-state index in [1.165, 1.54) is 0 Å². The van der Waals surface area contributed by atoms with Crippen LogP contribution in [0.2, 0.25) is 0 Å². The van der Waals surface area contributed by atoms with Crippen LogP contribution in [0.15, 0.2) is 42.6 Å². The number of rotatable bonds is 6. The molecule has 1 aliphatic heterocycles. The first-order valence-electron chi connectivity index (χ1n) is 8.77. The zero-order chi connectivity index (χ0) is 18.5. The van der Waals surface area contributed by atoms with Crippen LogP contribution in [0.3, 0.4) is 0 Å². The quantitative estimate of drug-likeness (QED) is 0.857. The number of ether oxygens (including phenoxy) is 2. The maximum atomic E-state index is 11.9.